The molecule has 0 aromatic heterocycles. The third kappa shape index (κ3) is 3.85. The second-order valence-electron chi connectivity index (χ2n) is 7.38. The number of rotatable bonds is 5. The van der Waals surface area contributed by atoms with E-state index in [-0.39, 0.29) is 30.7 Å². The quantitative estimate of drug-likeness (QED) is 0.792. The lowest BCUT2D eigenvalue weighted by Crippen LogP contribution is -2.28. The molecule has 3 amide bonds. The summed E-state index contributed by atoms with van der Waals surface area (Å²) in [5.41, 5.74) is 1.84. The van der Waals surface area contributed by atoms with Gasteiger partial charge >= 0.3 is 0 Å². The summed E-state index contributed by atoms with van der Waals surface area (Å²) < 4.78 is 5.33. The van der Waals surface area contributed by atoms with Crippen LogP contribution in [0, 0.1) is 5.92 Å². The number of nitrogens with zero attached hydrogens (tertiary/aromatic N) is 2. The molecule has 1 atom stereocenters. The first kappa shape index (κ1) is 20.2. The van der Waals surface area contributed by atoms with E-state index in [9.17, 15) is 14.4 Å². The Kier molecular flexibility index (Phi) is 5.63. The van der Waals surface area contributed by atoms with E-state index in [1.165, 1.54) is 0 Å². The average molecular weight is 428 g/mol. The lowest BCUT2D eigenvalue weighted by Gasteiger charge is -2.20. The number of hydrogen-bond acceptors (Lipinski definition) is 4. The molecule has 8 heteroatoms. The van der Waals surface area contributed by atoms with E-state index < -0.39 is 5.92 Å². The number of amides is 3. The van der Waals surface area contributed by atoms with Crippen LogP contribution in [0.1, 0.15) is 19.3 Å². The maximum absolute atomic E-state index is 12.8. The molecular formula is C22H22ClN3O4. The molecule has 30 heavy (non-hydrogen) atoms. The van der Waals surface area contributed by atoms with Gasteiger partial charge in [-0.3, -0.25) is 14.4 Å². The van der Waals surface area contributed by atoms with Gasteiger partial charge in [0.2, 0.25) is 17.7 Å². The Hall–Kier alpha value is -3.06. The highest BCUT2D eigenvalue weighted by Crippen LogP contribution is 2.34. The van der Waals surface area contributed by atoms with Crippen molar-refractivity contribution in [1.82, 2.24) is 0 Å². The van der Waals surface area contributed by atoms with Gasteiger partial charge in [-0.05, 0) is 36.8 Å². The minimum absolute atomic E-state index is 0.0505. The molecule has 0 saturated carbocycles. The third-order valence-electron chi connectivity index (χ3n) is 5.45. The minimum Gasteiger partial charge on any atom is -0.495 e. The predicted octanol–water partition coefficient (Wildman–Crippen LogP) is 3.47. The van der Waals surface area contributed by atoms with Crippen molar-refractivity contribution >= 4 is 46.4 Å². The molecule has 0 bridgehead atoms. The second kappa shape index (κ2) is 8.36. The predicted molar refractivity (Wildman–Crippen MR) is 115 cm³/mol. The smallest absolute Gasteiger partial charge is 0.229 e. The Morgan fingerprint density at radius 1 is 1.10 bits per heavy atom. The molecule has 7 nitrogen and oxygen atoms in total. The summed E-state index contributed by atoms with van der Waals surface area (Å²) >= 11 is 6.36. The fraction of sp³-hybridized carbons (Fsp3) is 0.318. The zero-order valence-electron chi connectivity index (χ0n) is 16.6. The van der Waals surface area contributed by atoms with Crippen LogP contribution in [0.4, 0.5) is 17.1 Å². The highest BCUT2D eigenvalue weighted by atomic mass is 35.5. The highest BCUT2D eigenvalue weighted by Gasteiger charge is 2.36. The summed E-state index contributed by atoms with van der Waals surface area (Å²) in [4.78, 5) is 40.5. The van der Waals surface area contributed by atoms with Crippen LogP contribution >= 0.6 is 11.6 Å². The zero-order chi connectivity index (χ0) is 21.3. The van der Waals surface area contributed by atoms with Crippen molar-refractivity contribution in [3.8, 4) is 5.75 Å². The van der Waals surface area contributed by atoms with E-state index in [2.05, 4.69) is 5.32 Å². The van der Waals surface area contributed by atoms with Crippen molar-refractivity contribution in [3.05, 3.63) is 47.5 Å². The van der Waals surface area contributed by atoms with Gasteiger partial charge in [-0.2, -0.15) is 0 Å². The standard InChI is InChI=1S/C22H22ClN3O4/c1-30-19-6-3-2-5-18(19)26-13-14(11-21(26)28)22(29)24-15-8-9-17(16(23)12-15)25-10-4-7-20(25)27/h2-3,5-6,8-9,12,14H,4,7,10-11,13H2,1H3,(H,24,29)/t14-/m0/s1. The highest BCUT2D eigenvalue weighted by molar-refractivity contribution is 6.34. The molecule has 2 saturated heterocycles. The number of nitrogens with one attached hydrogen (secondary N) is 1. The van der Waals surface area contributed by atoms with Crippen molar-refractivity contribution in [2.24, 2.45) is 5.92 Å². The summed E-state index contributed by atoms with van der Waals surface area (Å²) in [6.07, 6.45) is 1.46. The fourth-order valence-electron chi connectivity index (χ4n) is 3.92. The van der Waals surface area contributed by atoms with Crippen LogP contribution in [0.2, 0.25) is 5.02 Å². The summed E-state index contributed by atoms with van der Waals surface area (Å²) in [5, 5.41) is 3.24. The molecule has 0 aliphatic carbocycles. The average Bonchev–Trinajstić information content (AvgIpc) is 3.33. The van der Waals surface area contributed by atoms with Gasteiger partial charge in [0.05, 0.1) is 29.4 Å². The number of benzene rings is 2. The Morgan fingerprint density at radius 2 is 1.90 bits per heavy atom. The van der Waals surface area contributed by atoms with E-state index >= 15 is 0 Å². The molecule has 0 spiro atoms. The number of para-hydroxylation sites is 2. The summed E-state index contributed by atoms with van der Waals surface area (Å²) in [6.45, 7) is 0.923. The first-order valence-electron chi connectivity index (χ1n) is 9.82. The topological polar surface area (TPSA) is 79.0 Å². The molecule has 4 rings (SSSR count). The molecule has 2 aromatic rings. The van der Waals surface area contributed by atoms with E-state index in [1.807, 2.05) is 12.1 Å². The van der Waals surface area contributed by atoms with E-state index in [0.717, 1.165) is 6.42 Å². The molecule has 2 aliphatic heterocycles. The van der Waals surface area contributed by atoms with Crippen LogP contribution in [0.25, 0.3) is 0 Å². The maximum Gasteiger partial charge on any atom is 0.229 e. The van der Waals surface area contributed by atoms with Crippen LogP contribution in [-0.2, 0) is 14.4 Å². The van der Waals surface area contributed by atoms with Crippen molar-refractivity contribution in [2.75, 3.05) is 35.3 Å². The molecule has 1 N–H and O–H groups in total. The van der Waals surface area contributed by atoms with E-state index in [0.29, 0.717) is 40.8 Å². The number of hydrogen-bond donors (Lipinski definition) is 1. The van der Waals surface area contributed by atoms with E-state index in [4.69, 9.17) is 16.3 Å². The molecule has 2 fully saturated rings. The van der Waals surface area contributed by atoms with Crippen LogP contribution in [0.15, 0.2) is 42.5 Å². The second-order valence-corrected chi connectivity index (χ2v) is 7.79. The number of ether oxygens (including phenoxy) is 1. The van der Waals surface area contributed by atoms with Crippen LogP contribution in [0.3, 0.4) is 0 Å². The summed E-state index contributed by atoms with van der Waals surface area (Å²) in [5.74, 6) is -0.219. The first-order valence-corrected chi connectivity index (χ1v) is 10.2. The molecule has 0 radical (unpaired) electrons. The normalized spacial score (nSPS) is 18.8. The van der Waals surface area contributed by atoms with Gasteiger partial charge in [-0.1, -0.05) is 23.7 Å². The van der Waals surface area contributed by atoms with Crippen molar-refractivity contribution in [2.45, 2.75) is 19.3 Å². The number of anilines is 3. The largest absolute Gasteiger partial charge is 0.495 e. The summed E-state index contributed by atoms with van der Waals surface area (Å²) in [6, 6.07) is 12.3. The molecule has 2 heterocycles. The van der Waals surface area contributed by atoms with Crippen molar-refractivity contribution in [1.29, 1.82) is 0 Å². The van der Waals surface area contributed by atoms with Gasteiger partial charge < -0.3 is 19.9 Å². The van der Waals surface area contributed by atoms with E-state index in [1.54, 1.807) is 47.2 Å². The molecule has 2 aromatic carbocycles. The molecule has 0 unspecified atom stereocenters. The van der Waals surface area contributed by atoms with Gasteiger partial charge in [0.1, 0.15) is 5.75 Å². The SMILES string of the molecule is COc1ccccc1N1C[C@@H](C(=O)Nc2ccc(N3CCCC3=O)c(Cl)c2)CC1=O. The monoisotopic (exact) mass is 427 g/mol. The molecule has 156 valence electrons. The third-order valence-corrected chi connectivity index (χ3v) is 5.75. The minimum atomic E-state index is -0.485. The Labute approximate surface area is 179 Å². The first-order chi connectivity index (χ1) is 14.5. The van der Waals surface area contributed by atoms with Gasteiger partial charge in [-0.15, -0.1) is 0 Å². The molecular weight excluding hydrogens is 406 g/mol. The lowest BCUT2D eigenvalue weighted by molar-refractivity contribution is -0.122. The zero-order valence-corrected chi connectivity index (χ0v) is 17.3. The number of halogens is 1. The van der Waals surface area contributed by atoms with Gasteiger partial charge in [-0.25, -0.2) is 0 Å². The Morgan fingerprint density at radius 3 is 2.60 bits per heavy atom. The van der Waals surface area contributed by atoms with Crippen molar-refractivity contribution in [3.63, 3.8) is 0 Å². The number of methoxy groups -OCH3 is 1. The van der Waals surface area contributed by atoms with Crippen molar-refractivity contribution < 1.29 is 19.1 Å². The fourth-order valence-corrected chi connectivity index (χ4v) is 4.20. The maximum atomic E-state index is 12.8. The lowest BCUT2D eigenvalue weighted by atomic mass is 10.1. The number of carbonyl (C=O) groups is 3. The molecule has 2 aliphatic rings. The Balaban J connectivity index is 1.45. The van der Waals surface area contributed by atoms with Crippen LogP contribution in [-0.4, -0.2) is 37.9 Å². The summed E-state index contributed by atoms with van der Waals surface area (Å²) in [7, 11) is 1.55. The van der Waals surface area contributed by atoms with Crippen LogP contribution < -0.4 is 19.9 Å². The van der Waals surface area contributed by atoms with Gasteiger partial charge in [0.15, 0.2) is 0 Å². The van der Waals surface area contributed by atoms with Gasteiger partial charge in [0, 0.05) is 31.6 Å². The van der Waals surface area contributed by atoms with Gasteiger partial charge in [0.25, 0.3) is 0 Å². The van der Waals surface area contributed by atoms with Crippen LogP contribution in [0.5, 0.6) is 5.75 Å². The Bertz CT molecular complexity index is 1010. The number of carbonyl (C=O) groups excluding carboxylic acids is 3.